The number of aliphatic carboxylic acids is 1. The Hall–Kier alpha value is -4.02. The highest BCUT2D eigenvalue weighted by Crippen LogP contribution is 2.34. The normalized spacial score (nSPS) is 12.6. The summed E-state index contributed by atoms with van der Waals surface area (Å²) in [6, 6.07) is 17.9. The minimum atomic E-state index is -3.96. The molecular weight excluding hydrogens is 561 g/mol. The van der Waals surface area contributed by atoms with Crippen molar-refractivity contribution in [3.05, 3.63) is 88.7 Å². The van der Waals surface area contributed by atoms with Crippen LogP contribution in [0.15, 0.2) is 69.5 Å². The van der Waals surface area contributed by atoms with E-state index in [-0.39, 0.29) is 25.3 Å². The van der Waals surface area contributed by atoms with E-state index in [1.165, 1.54) is 20.8 Å². The number of alkyl halides is 1. The van der Waals surface area contributed by atoms with Gasteiger partial charge >= 0.3 is 5.97 Å². The van der Waals surface area contributed by atoms with Crippen LogP contribution in [0.2, 0.25) is 0 Å². The number of halogens is 1. The molecule has 1 aromatic heterocycles. The fraction of sp³-hybridized carbons (Fsp3) is 0.312. The summed E-state index contributed by atoms with van der Waals surface area (Å²) < 4.78 is 59.6. The smallest absolute Gasteiger partial charge is 0.307 e. The van der Waals surface area contributed by atoms with Gasteiger partial charge in [0.25, 0.3) is 10.0 Å². The van der Waals surface area contributed by atoms with Crippen molar-refractivity contribution in [1.29, 1.82) is 0 Å². The lowest BCUT2D eigenvalue weighted by molar-refractivity contribution is -0.136. The average molecular weight is 596 g/mol. The molecule has 8 nitrogen and oxygen atoms in total. The highest BCUT2D eigenvalue weighted by atomic mass is 32.2. The summed E-state index contributed by atoms with van der Waals surface area (Å²) in [6.45, 7) is 5.78. The van der Waals surface area contributed by atoms with Crippen molar-refractivity contribution in [2.45, 2.75) is 52.1 Å². The molecule has 42 heavy (non-hydrogen) atoms. The van der Waals surface area contributed by atoms with Gasteiger partial charge in [0.15, 0.2) is 0 Å². The van der Waals surface area contributed by atoms with E-state index >= 15 is 0 Å². The van der Waals surface area contributed by atoms with E-state index < -0.39 is 27.4 Å². The van der Waals surface area contributed by atoms with Gasteiger partial charge in [0.1, 0.15) is 37.0 Å². The summed E-state index contributed by atoms with van der Waals surface area (Å²) in [7, 11) is -2.40. The number of sulfonamides is 1. The van der Waals surface area contributed by atoms with Gasteiger partial charge in [-0.1, -0.05) is 30.3 Å². The Morgan fingerprint density at radius 2 is 1.81 bits per heavy atom. The molecule has 222 valence electrons. The van der Waals surface area contributed by atoms with Crippen LogP contribution in [0.5, 0.6) is 5.75 Å². The maximum absolute atomic E-state index is 14.1. The fourth-order valence-corrected chi connectivity index (χ4v) is 5.07. The first-order valence-corrected chi connectivity index (χ1v) is 14.7. The topological polar surface area (TPSA) is 115 Å². The SMILES string of the molecule is COCc1cc2cc(COc3cc(C)ccc3CC(=O)O)cc(-c3cccc(C(CF)=NS(=O)(=O)C(C)(C)C)c3)c2o1. The largest absolute Gasteiger partial charge is 0.489 e. The van der Waals surface area contributed by atoms with Crippen LogP contribution in [-0.2, 0) is 39.2 Å². The van der Waals surface area contributed by atoms with Crippen LogP contribution in [0.1, 0.15) is 48.8 Å². The summed E-state index contributed by atoms with van der Waals surface area (Å²) in [4.78, 5) is 11.4. The molecule has 10 heteroatoms. The summed E-state index contributed by atoms with van der Waals surface area (Å²) in [5.74, 6) is 0.132. The molecule has 0 atom stereocenters. The zero-order valence-electron chi connectivity index (χ0n) is 24.2. The lowest BCUT2D eigenvalue weighted by atomic mass is 9.98. The molecule has 0 radical (unpaired) electrons. The molecule has 0 unspecified atom stereocenters. The van der Waals surface area contributed by atoms with Gasteiger partial charge < -0.3 is 19.0 Å². The van der Waals surface area contributed by atoms with E-state index in [1.54, 1.807) is 37.4 Å². The molecule has 1 heterocycles. The quantitative estimate of drug-likeness (QED) is 0.193. The first kappa shape index (κ1) is 30.9. The number of carbonyl (C=O) groups is 1. The molecule has 0 aliphatic rings. The van der Waals surface area contributed by atoms with Crippen molar-refractivity contribution in [3.8, 4) is 16.9 Å². The lowest BCUT2D eigenvalue weighted by Gasteiger charge is -2.16. The Morgan fingerprint density at radius 1 is 1.05 bits per heavy atom. The van der Waals surface area contributed by atoms with Crippen molar-refractivity contribution in [2.24, 2.45) is 4.40 Å². The number of furan rings is 1. The fourth-order valence-electron chi connectivity index (χ4n) is 4.35. The third-order valence-corrected chi connectivity index (χ3v) is 8.62. The summed E-state index contributed by atoms with van der Waals surface area (Å²) in [5, 5.41) is 10.1. The van der Waals surface area contributed by atoms with Crippen molar-refractivity contribution >= 4 is 32.7 Å². The highest BCUT2D eigenvalue weighted by Gasteiger charge is 2.29. The summed E-state index contributed by atoms with van der Waals surface area (Å²) in [6.07, 6.45) is -0.168. The minimum absolute atomic E-state index is 0.143. The van der Waals surface area contributed by atoms with Gasteiger partial charge in [0, 0.05) is 29.2 Å². The number of fused-ring (bicyclic) bond motifs is 1. The number of nitrogens with zero attached hydrogens (tertiary/aromatic N) is 1. The predicted octanol–water partition coefficient (Wildman–Crippen LogP) is 6.65. The van der Waals surface area contributed by atoms with E-state index in [4.69, 9.17) is 13.9 Å². The molecular formula is C32H34FNO7S. The molecule has 4 rings (SSSR count). The highest BCUT2D eigenvalue weighted by molar-refractivity contribution is 7.91. The van der Waals surface area contributed by atoms with Gasteiger partial charge in [0.05, 0.1) is 16.9 Å². The number of hydrogen-bond acceptors (Lipinski definition) is 6. The monoisotopic (exact) mass is 595 g/mol. The lowest BCUT2D eigenvalue weighted by Crippen LogP contribution is -2.27. The second kappa shape index (κ2) is 12.5. The van der Waals surface area contributed by atoms with Gasteiger partial charge in [-0.25, -0.2) is 12.8 Å². The molecule has 0 aliphatic carbocycles. The maximum atomic E-state index is 14.1. The van der Waals surface area contributed by atoms with Crippen molar-refractivity contribution in [3.63, 3.8) is 0 Å². The summed E-state index contributed by atoms with van der Waals surface area (Å²) >= 11 is 0. The Morgan fingerprint density at radius 3 is 2.48 bits per heavy atom. The summed E-state index contributed by atoms with van der Waals surface area (Å²) in [5.41, 5.74) is 4.35. The molecule has 0 amide bonds. The Kier molecular flexibility index (Phi) is 9.18. The van der Waals surface area contributed by atoms with Crippen LogP contribution in [0, 0.1) is 6.92 Å². The van der Waals surface area contributed by atoms with Crippen molar-refractivity contribution < 1.29 is 36.6 Å². The van der Waals surface area contributed by atoms with E-state index in [1.807, 2.05) is 37.3 Å². The van der Waals surface area contributed by atoms with Gasteiger partial charge in [-0.3, -0.25) is 4.79 Å². The second-order valence-electron chi connectivity index (χ2n) is 11.0. The number of rotatable bonds is 11. The van der Waals surface area contributed by atoms with Crippen LogP contribution in [0.3, 0.4) is 0 Å². The molecule has 0 spiro atoms. The average Bonchev–Trinajstić information content (AvgIpc) is 3.33. The van der Waals surface area contributed by atoms with E-state index in [9.17, 15) is 22.7 Å². The third-order valence-electron chi connectivity index (χ3n) is 6.61. The zero-order valence-corrected chi connectivity index (χ0v) is 25.0. The van der Waals surface area contributed by atoms with Gasteiger partial charge in [0.2, 0.25) is 0 Å². The molecule has 4 aromatic rings. The Labute approximate surface area is 244 Å². The van der Waals surface area contributed by atoms with Crippen LogP contribution < -0.4 is 4.74 Å². The number of ether oxygens (including phenoxy) is 2. The molecule has 0 aliphatic heterocycles. The van der Waals surface area contributed by atoms with Crippen molar-refractivity contribution in [2.75, 3.05) is 13.8 Å². The number of hydrogen-bond donors (Lipinski definition) is 1. The number of methoxy groups -OCH3 is 1. The Balaban J connectivity index is 1.78. The molecule has 3 aromatic carbocycles. The zero-order chi connectivity index (χ0) is 30.7. The Bertz CT molecular complexity index is 1750. The van der Waals surface area contributed by atoms with Crippen molar-refractivity contribution in [1.82, 2.24) is 0 Å². The maximum Gasteiger partial charge on any atom is 0.307 e. The molecule has 1 N–H and O–H groups in total. The van der Waals surface area contributed by atoms with E-state index in [2.05, 4.69) is 4.40 Å². The van der Waals surface area contributed by atoms with E-state index in [0.29, 0.717) is 39.3 Å². The van der Waals surface area contributed by atoms with Gasteiger partial charge in [-0.15, -0.1) is 0 Å². The van der Waals surface area contributed by atoms with E-state index in [0.717, 1.165) is 16.5 Å². The standard InChI is InChI=1S/C32H34FNO7S/c1-20-9-10-24(16-30(35)36)29(11-20)40-18-21-12-25-15-26(19-39-5)41-31(25)27(13-21)22-7-6-8-23(14-22)28(17-33)34-42(37,38)32(2,3)4/h6-15H,16-19H2,1-5H3,(H,35,36). The molecule has 0 bridgehead atoms. The number of benzene rings is 3. The third kappa shape index (κ3) is 7.06. The second-order valence-corrected chi connectivity index (χ2v) is 13.4. The van der Waals surface area contributed by atoms with Gasteiger partial charge in [-0.2, -0.15) is 4.40 Å². The minimum Gasteiger partial charge on any atom is -0.489 e. The number of carboxylic acids is 1. The van der Waals surface area contributed by atoms with Crippen LogP contribution in [0.25, 0.3) is 22.1 Å². The van der Waals surface area contributed by atoms with Crippen LogP contribution in [0.4, 0.5) is 4.39 Å². The molecule has 0 fully saturated rings. The molecule has 0 saturated heterocycles. The first-order valence-electron chi connectivity index (χ1n) is 13.3. The van der Waals surface area contributed by atoms with Crippen LogP contribution in [-0.4, -0.2) is 43.7 Å². The molecule has 0 saturated carbocycles. The van der Waals surface area contributed by atoms with Gasteiger partial charge in [-0.05, 0) is 74.7 Å². The number of carboxylic acid groups (broad SMARTS) is 1. The number of aryl methyl sites for hydroxylation is 1. The first-order chi connectivity index (χ1) is 19.8. The van der Waals surface area contributed by atoms with Crippen LogP contribution >= 0.6 is 0 Å². The predicted molar refractivity (Wildman–Crippen MR) is 160 cm³/mol.